The monoisotopic (exact) mass is 348 g/mol. The van der Waals surface area contributed by atoms with Crippen LogP contribution in [0.15, 0.2) is 72.5 Å². The number of rotatable bonds is 4. The Labute approximate surface area is 153 Å². The lowest BCUT2D eigenvalue weighted by atomic mass is 10.0. The maximum Gasteiger partial charge on any atom is 0.0454 e. The first-order valence-corrected chi connectivity index (χ1v) is 9.05. The Morgan fingerprint density at radius 2 is 1.92 bits per heavy atom. The van der Waals surface area contributed by atoms with E-state index in [0.717, 1.165) is 31.1 Å². The summed E-state index contributed by atoms with van der Waals surface area (Å²) in [7, 11) is 0. The largest absolute Gasteiger partial charge is 0.361 e. The van der Waals surface area contributed by atoms with Crippen LogP contribution >= 0.6 is 11.6 Å². The van der Waals surface area contributed by atoms with Gasteiger partial charge in [0, 0.05) is 36.4 Å². The summed E-state index contributed by atoms with van der Waals surface area (Å²) < 4.78 is 0. The highest BCUT2D eigenvalue weighted by Crippen LogP contribution is 2.19. The van der Waals surface area contributed by atoms with E-state index in [1.807, 2.05) is 18.3 Å². The number of nitrogens with one attached hydrogen (secondary N) is 1. The smallest absolute Gasteiger partial charge is 0.0454 e. The number of halogens is 1. The van der Waals surface area contributed by atoms with E-state index in [2.05, 4.69) is 64.5 Å². The topological polar surface area (TPSA) is 19.0 Å². The summed E-state index contributed by atoms with van der Waals surface area (Å²) in [4.78, 5) is 5.70. The van der Waals surface area contributed by atoms with Crippen molar-refractivity contribution >= 4 is 28.6 Å². The molecule has 1 aromatic heterocycles. The van der Waals surface area contributed by atoms with Crippen LogP contribution in [0, 0.1) is 0 Å². The summed E-state index contributed by atoms with van der Waals surface area (Å²) in [5.74, 6) is 0. The first kappa shape index (κ1) is 16.2. The van der Waals surface area contributed by atoms with Crippen molar-refractivity contribution in [3.63, 3.8) is 0 Å². The normalized spacial score (nSPS) is 15.8. The fourth-order valence-corrected chi connectivity index (χ4v) is 3.37. The summed E-state index contributed by atoms with van der Waals surface area (Å²) in [6.07, 6.45) is 9.89. The quantitative estimate of drug-likeness (QED) is 0.643. The Bertz CT molecular complexity index is 919. The van der Waals surface area contributed by atoms with Crippen molar-refractivity contribution in [1.82, 2.24) is 9.88 Å². The number of allylic oxidation sites excluding steroid dienone is 1. The number of fused-ring (bicyclic) bond motifs is 1. The van der Waals surface area contributed by atoms with E-state index < -0.39 is 0 Å². The third kappa shape index (κ3) is 4.04. The molecule has 1 aliphatic rings. The van der Waals surface area contributed by atoms with Crippen molar-refractivity contribution in [2.24, 2.45) is 0 Å². The average molecular weight is 349 g/mol. The third-order valence-corrected chi connectivity index (χ3v) is 4.97. The van der Waals surface area contributed by atoms with Crippen molar-refractivity contribution in [1.29, 1.82) is 0 Å². The predicted molar refractivity (Wildman–Crippen MR) is 107 cm³/mol. The van der Waals surface area contributed by atoms with Crippen LogP contribution in [0.2, 0.25) is 5.02 Å². The van der Waals surface area contributed by atoms with Crippen LogP contribution in [0.5, 0.6) is 0 Å². The number of aromatic amines is 1. The van der Waals surface area contributed by atoms with Gasteiger partial charge >= 0.3 is 0 Å². The van der Waals surface area contributed by atoms with Gasteiger partial charge in [-0.25, -0.2) is 0 Å². The van der Waals surface area contributed by atoms with Gasteiger partial charge in [0.05, 0.1) is 0 Å². The Kier molecular flexibility index (Phi) is 4.73. The molecule has 0 radical (unpaired) electrons. The van der Waals surface area contributed by atoms with Gasteiger partial charge in [0.2, 0.25) is 0 Å². The second-order valence-electron chi connectivity index (χ2n) is 6.55. The highest BCUT2D eigenvalue weighted by Gasteiger charge is 2.10. The molecular formula is C22H21ClN2. The van der Waals surface area contributed by atoms with Gasteiger partial charge in [-0.2, -0.15) is 0 Å². The molecule has 126 valence electrons. The van der Waals surface area contributed by atoms with Crippen LogP contribution in [0.4, 0.5) is 0 Å². The molecule has 2 heterocycles. The molecular weight excluding hydrogens is 328 g/mol. The molecule has 0 spiro atoms. The van der Waals surface area contributed by atoms with E-state index >= 15 is 0 Å². The first-order valence-electron chi connectivity index (χ1n) is 8.67. The molecule has 0 aliphatic carbocycles. The second-order valence-corrected chi connectivity index (χ2v) is 6.98. The number of hydrogen-bond acceptors (Lipinski definition) is 1. The lowest BCUT2D eigenvalue weighted by molar-refractivity contribution is 0.287. The highest BCUT2D eigenvalue weighted by atomic mass is 35.5. The summed E-state index contributed by atoms with van der Waals surface area (Å²) in [6.45, 7) is 3.07. The van der Waals surface area contributed by atoms with E-state index in [-0.39, 0.29) is 0 Å². The van der Waals surface area contributed by atoms with Crippen molar-refractivity contribution in [2.45, 2.75) is 13.0 Å². The van der Waals surface area contributed by atoms with E-state index in [4.69, 9.17) is 11.6 Å². The molecule has 25 heavy (non-hydrogen) atoms. The molecule has 0 saturated heterocycles. The van der Waals surface area contributed by atoms with Gasteiger partial charge < -0.3 is 4.98 Å². The van der Waals surface area contributed by atoms with Gasteiger partial charge in [-0.05, 0) is 58.8 Å². The van der Waals surface area contributed by atoms with Crippen molar-refractivity contribution in [2.75, 3.05) is 13.1 Å². The van der Waals surface area contributed by atoms with Crippen LogP contribution in [0.25, 0.3) is 17.0 Å². The van der Waals surface area contributed by atoms with Crippen LogP contribution in [0.1, 0.15) is 17.5 Å². The van der Waals surface area contributed by atoms with Gasteiger partial charge in [0.1, 0.15) is 0 Å². The highest BCUT2D eigenvalue weighted by molar-refractivity contribution is 6.30. The Hall–Kier alpha value is -2.29. The predicted octanol–water partition coefficient (Wildman–Crippen LogP) is 5.67. The maximum atomic E-state index is 5.95. The van der Waals surface area contributed by atoms with Crippen molar-refractivity contribution in [3.8, 4) is 0 Å². The van der Waals surface area contributed by atoms with E-state index in [1.165, 1.54) is 27.6 Å². The van der Waals surface area contributed by atoms with Crippen LogP contribution in [0.3, 0.4) is 0 Å². The Morgan fingerprint density at radius 1 is 1.04 bits per heavy atom. The molecule has 0 atom stereocenters. The molecule has 0 fully saturated rings. The number of aromatic nitrogens is 1. The van der Waals surface area contributed by atoms with Gasteiger partial charge in [0.15, 0.2) is 0 Å². The molecule has 3 aromatic rings. The molecule has 0 saturated carbocycles. The lowest BCUT2D eigenvalue weighted by Crippen LogP contribution is -2.27. The Morgan fingerprint density at radius 3 is 2.72 bits per heavy atom. The molecule has 1 aliphatic heterocycles. The zero-order valence-corrected chi connectivity index (χ0v) is 14.8. The Balaban J connectivity index is 1.37. The van der Waals surface area contributed by atoms with Gasteiger partial charge in [-0.3, -0.25) is 4.90 Å². The third-order valence-electron chi connectivity index (χ3n) is 4.72. The minimum absolute atomic E-state index is 0.799. The number of H-pyrrole nitrogens is 1. The molecule has 0 unspecified atom stereocenters. The van der Waals surface area contributed by atoms with Gasteiger partial charge in [-0.15, -0.1) is 0 Å². The van der Waals surface area contributed by atoms with Crippen LogP contribution in [-0.4, -0.2) is 23.0 Å². The van der Waals surface area contributed by atoms with E-state index in [0.29, 0.717) is 0 Å². The molecule has 2 nitrogen and oxygen atoms in total. The van der Waals surface area contributed by atoms with Gasteiger partial charge in [0.25, 0.3) is 0 Å². The first-order chi connectivity index (χ1) is 12.3. The standard InChI is InChI=1S/C22H21ClN2/c23-21-6-3-19(4-7-21)16-25-13-10-17(11-14-25)1-2-18-5-8-22-20(15-18)9-12-24-22/h1-10,12,15,24H,11,13-14,16H2. The summed E-state index contributed by atoms with van der Waals surface area (Å²) in [6, 6.07) is 16.8. The summed E-state index contributed by atoms with van der Waals surface area (Å²) in [5.41, 5.74) is 5.17. The molecule has 0 bridgehead atoms. The zero-order chi connectivity index (χ0) is 17.1. The number of hydrogen-bond donors (Lipinski definition) is 1. The fraction of sp³-hybridized carbons (Fsp3) is 0.182. The summed E-state index contributed by atoms with van der Waals surface area (Å²) >= 11 is 5.95. The second kappa shape index (κ2) is 7.30. The zero-order valence-electron chi connectivity index (χ0n) is 14.1. The maximum absolute atomic E-state index is 5.95. The van der Waals surface area contributed by atoms with Gasteiger partial charge in [-0.1, -0.05) is 48.0 Å². The molecule has 2 aromatic carbocycles. The average Bonchev–Trinajstić information content (AvgIpc) is 3.11. The SMILES string of the molecule is Clc1ccc(CN2CC=C(C=Cc3ccc4[nH]ccc4c3)CC2)cc1. The minimum Gasteiger partial charge on any atom is -0.361 e. The fourth-order valence-electron chi connectivity index (χ4n) is 3.25. The van der Waals surface area contributed by atoms with E-state index in [1.54, 1.807) is 0 Å². The summed E-state index contributed by atoms with van der Waals surface area (Å²) in [5, 5.41) is 2.06. The molecule has 3 heteroatoms. The lowest BCUT2D eigenvalue weighted by Gasteiger charge is -2.25. The van der Waals surface area contributed by atoms with Crippen molar-refractivity contribution < 1.29 is 0 Å². The number of benzene rings is 2. The van der Waals surface area contributed by atoms with E-state index in [9.17, 15) is 0 Å². The minimum atomic E-state index is 0.799. The van der Waals surface area contributed by atoms with Crippen molar-refractivity contribution in [3.05, 3.63) is 88.6 Å². The van der Waals surface area contributed by atoms with Crippen LogP contribution < -0.4 is 0 Å². The molecule has 4 rings (SSSR count). The van der Waals surface area contributed by atoms with Crippen LogP contribution in [-0.2, 0) is 6.54 Å². The molecule has 0 amide bonds. The molecule has 1 N–H and O–H groups in total. The number of nitrogens with zero attached hydrogens (tertiary/aromatic N) is 1.